The number of rotatable bonds is 5. The molecule has 6 nitrogen and oxygen atoms in total. The van der Waals surface area contributed by atoms with E-state index >= 15 is 0 Å². The van der Waals surface area contributed by atoms with E-state index in [1.165, 1.54) is 11.8 Å². The number of thioether (sulfide) groups is 1. The van der Waals surface area contributed by atoms with Crippen LogP contribution in [0.5, 0.6) is 0 Å². The maximum Gasteiger partial charge on any atom is 0.232 e. The molecular formula is C14H16ClN5OS. The molecule has 22 heavy (non-hydrogen) atoms. The van der Waals surface area contributed by atoms with E-state index in [1.54, 1.807) is 0 Å². The molecular weight excluding hydrogens is 322 g/mol. The average molecular weight is 338 g/mol. The Morgan fingerprint density at radius 3 is 2.68 bits per heavy atom. The van der Waals surface area contributed by atoms with Crippen LogP contribution in [0, 0.1) is 0 Å². The van der Waals surface area contributed by atoms with Crippen molar-refractivity contribution >= 4 is 35.2 Å². The number of carbonyl (C=O) groups excluding carboxylic acids is 1. The minimum absolute atomic E-state index is 0.155. The van der Waals surface area contributed by atoms with Crippen molar-refractivity contribution in [2.75, 3.05) is 23.7 Å². The van der Waals surface area contributed by atoms with E-state index in [0.29, 0.717) is 10.2 Å². The topological polar surface area (TPSA) is 77.0 Å². The maximum atomic E-state index is 11.1. The summed E-state index contributed by atoms with van der Waals surface area (Å²) in [7, 11) is 0. The third-order valence-electron chi connectivity index (χ3n) is 3.44. The summed E-state index contributed by atoms with van der Waals surface area (Å²) in [6.07, 6.45) is 2.28. The Morgan fingerprint density at radius 1 is 1.27 bits per heavy atom. The van der Waals surface area contributed by atoms with Gasteiger partial charge in [-0.15, -0.1) is 10.2 Å². The molecule has 3 rings (SSSR count). The highest BCUT2D eigenvalue weighted by Gasteiger charge is 2.23. The molecule has 8 heteroatoms. The first-order valence-corrected chi connectivity index (χ1v) is 8.39. The predicted octanol–water partition coefficient (Wildman–Crippen LogP) is 2.10. The zero-order chi connectivity index (χ0) is 15.5. The summed E-state index contributed by atoms with van der Waals surface area (Å²) in [6.45, 7) is 1.89. The molecule has 2 heterocycles. The Balaban J connectivity index is 2.04. The zero-order valence-electron chi connectivity index (χ0n) is 11.9. The summed E-state index contributed by atoms with van der Waals surface area (Å²) >= 11 is 7.60. The van der Waals surface area contributed by atoms with E-state index in [4.69, 9.17) is 17.3 Å². The molecule has 0 saturated carbocycles. The Bertz CT molecular complexity index is 684. The number of hydrogen-bond acceptors (Lipinski definition) is 5. The highest BCUT2D eigenvalue weighted by Crippen LogP contribution is 2.31. The Morgan fingerprint density at radius 2 is 2.00 bits per heavy atom. The summed E-state index contributed by atoms with van der Waals surface area (Å²) in [5, 5.41) is 9.75. The van der Waals surface area contributed by atoms with Crippen LogP contribution in [0.1, 0.15) is 12.8 Å². The average Bonchev–Trinajstić information content (AvgIpc) is 3.14. The Kier molecular flexibility index (Phi) is 4.54. The van der Waals surface area contributed by atoms with E-state index < -0.39 is 0 Å². The largest absolute Gasteiger partial charge is 0.369 e. The van der Waals surface area contributed by atoms with Crippen LogP contribution in [-0.4, -0.2) is 39.5 Å². The Hall–Kier alpha value is -1.73. The van der Waals surface area contributed by atoms with Gasteiger partial charge in [-0.05, 0) is 25.0 Å². The molecule has 1 aromatic carbocycles. The van der Waals surface area contributed by atoms with Crippen LogP contribution in [0.15, 0.2) is 29.4 Å². The Labute approximate surface area is 137 Å². The fraction of sp³-hybridized carbons (Fsp3) is 0.357. The van der Waals surface area contributed by atoms with E-state index in [9.17, 15) is 4.79 Å². The summed E-state index contributed by atoms with van der Waals surface area (Å²) in [5.74, 6) is 0.529. The normalized spacial score (nSPS) is 14.5. The van der Waals surface area contributed by atoms with Crippen molar-refractivity contribution in [2.45, 2.75) is 18.0 Å². The third-order valence-corrected chi connectivity index (χ3v) is 4.71. The number of para-hydroxylation sites is 1. The lowest BCUT2D eigenvalue weighted by molar-refractivity contribution is -0.115. The van der Waals surface area contributed by atoms with E-state index in [-0.39, 0.29) is 11.7 Å². The van der Waals surface area contributed by atoms with Gasteiger partial charge < -0.3 is 10.6 Å². The van der Waals surface area contributed by atoms with Crippen LogP contribution in [0.2, 0.25) is 5.02 Å². The van der Waals surface area contributed by atoms with Gasteiger partial charge in [0.15, 0.2) is 5.16 Å². The number of nitrogens with zero attached hydrogens (tertiary/aromatic N) is 4. The smallest absolute Gasteiger partial charge is 0.232 e. The van der Waals surface area contributed by atoms with Gasteiger partial charge in [-0.25, -0.2) is 0 Å². The molecule has 1 aliphatic heterocycles. The number of halogens is 1. The molecule has 0 spiro atoms. The van der Waals surface area contributed by atoms with Crippen molar-refractivity contribution in [3.05, 3.63) is 29.3 Å². The van der Waals surface area contributed by atoms with Gasteiger partial charge in [-0.1, -0.05) is 35.5 Å². The first-order valence-electron chi connectivity index (χ1n) is 7.03. The third kappa shape index (κ3) is 3.05. The van der Waals surface area contributed by atoms with Crippen molar-refractivity contribution in [1.82, 2.24) is 14.8 Å². The second-order valence-electron chi connectivity index (χ2n) is 5.02. The zero-order valence-corrected chi connectivity index (χ0v) is 13.5. The first-order chi connectivity index (χ1) is 10.7. The number of hydrogen-bond donors (Lipinski definition) is 1. The van der Waals surface area contributed by atoms with Crippen LogP contribution in [0.25, 0.3) is 5.69 Å². The van der Waals surface area contributed by atoms with Gasteiger partial charge in [-0.3, -0.25) is 9.36 Å². The van der Waals surface area contributed by atoms with E-state index in [2.05, 4.69) is 15.1 Å². The minimum Gasteiger partial charge on any atom is -0.369 e. The summed E-state index contributed by atoms with van der Waals surface area (Å²) in [5.41, 5.74) is 6.04. The second kappa shape index (κ2) is 6.58. The highest BCUT2D eigenvalue weighted by atomic mass is 35.5. The monoisotopic (exact) mass is 337 g/mol. The van der Waals surface area contributed by atoms with Crippen molar-refractivity contribution in [2.24, 2.45) is 5.73 Å². The van der Waals surface area contributed by atoms with Crippen LogP contribution < -0.4 is 10.6 Å². The van der Waals surface area contributed by atoms with E-state index in [0.717, 1.165) is 37.6 Å². The maximum absolute atomic E-state index is 11.1. The van der Waals surface area contributed by atoms with Gasteiger partial charge in [-0.2, -0.15) is 0 Å². The standard InChI is InChI=1S/C14H16ClN5OS/c15-10-5-1-2-6-11(10)20-13(19-7-3-4-8-19)17-18-14(20)22-9-12(16)21/h1-2,5-6H,3-4,7-9H2,(H2,16,21). The molecule has 2 aromatic rings. The van der Waals surface area contributed by atoms with Crippen molar-refractivity contribution in [3.63, 3.8) is 0 Å². The molecule has 0 aliphatic carbocycles. The van der Waals surface area contributed by atoms with Gasteiger partial charge in [0, 0.05) is 13.1 Å². The lowest BCUT2D eigenvalue weighted by Crippen LogP contribution is -2.22. The van der Waals surface area contributed by atoms with Crippen LogP contribution >= 0.6 is 23.4 Å². The number of anilines is 1. The van der Waals surface area contributed by atoms with Gasteiger partial charge in [0.2, 0.25) is 11.9 Å². The number of amides is 1. The van der Waals surface area contributed by atoms with Crippen LogP contribution in [-0.2, 0) is 4.79 Å². The molecule has 116 valence electrons. The number of aromatic nitrogens is 3. The highest BCUT2D eigenvalue weighted by molar-refractivity contribution is 7.99. The molecule has 0 radical (unpaired) electrons. The number of benzene rings is 1. The number of carbonyl (C=O) groups is 1. The van der Waals surface area contributed by atoms with Crippen molar-refractivity contribution in [1.29, 1.82) is 0 Å². The molecule has 1 saturated heterocycles. The van der Waals surface area contributed by atoms with Gasteiger partial charge in [0.25, 0.3) is 0 Å². The second-order valence-corrected chi connectivity index (χ2v) is 6.37. The van der Waals surface area contributed by atoms with Crippen LogP contribution in [0.3, 0.4) is 0 Å². The van der Waals surface area contributed by atoms with E-state index in [1.807, 2.05) is 28.8 Å². The lowest BCUT2D eigenvalue weighted by Gasteiger charge is -2.18. The fourth-order valence-corrected chi connectivity index (χ4v) is 3.36. The number of primary amides is 1. The predicted molar refractivity (Wildman–Crippen MR) is 87.7 cm³/mol. The summed E-state index contributed by atoms with van der Waals surface area (Å²) < 4.78 is 1.90. The van der Waals surface area contributed by atoms with Crippen molar-refractivity contribution in [3.8, 4) is 5.69 Å². The number of nitrogens with two attached hydrogens (primary N) is 1. The summed E-state index contributed by atoms with van der Waals surface area (Å²) in [4.78, 5) is 13.2. The molecule has 1 fully saturated rings. The molecule has 0 bridgehead atoms. The molecule has 1 aromatic heterocycles. The fourth-order valence-electron chi connectivity index (χ4n) is 2.46. The summed E-state index contributed by atoms with van der Waals surface area (Å²) in [6, 6.07) is 7.53. The minimum atomic E-state index is -0.388. The quantitative estimate of drug-likeness (QED) is 0.845. The molecule has 0 atom stereocenters. The lowest BCUT2D eigenvalue weighted by atomic mass is 10.3. The molecule has 0 unspecified atom stereocenters. The SMILES string of the molecule is NC(=O)CSc1nnc(N2CCCC2)n1-c1ccccc1Cl. The van der Waals surface area contributed by atoms with Gasteiger partial charge in [0.05, 0.1) is 16.5 Å². The molecule has 2 N–H and O–H groups in total. The first kappa shape index (κ1) is 15.2. The van der Waals surface area contributed by atoms with Crippen molar-refractivity contribution < 1.29 is 4.79 Å². The molecule has 1 amide bonds. The molecule has 1 aliphatic rings. The van der Waals surface area contributed by atoms with Gasteiger partial charge in [0.1, 0.15) is 0 Å². The van der Waals surface area contributed by atoms with Gasteiger partial charge >= 0.3 is 0 Å². The van der Waals surface area contributed by atoms with Crippen LogP contribution in [0.4, 0.5) is 5.95 Å².